The highest BCUT2D eigenvalue weighted by atomic mass is 35.5. The first-order valence-corrected chi connectivity index (χ1v) is 10.9. The number of anilines is 2. The van der Waals surface area contributed by atoms with Gasteiger partial charge in [-0.1, -0.05) is 23.4 Å². The third-order valence-electron chi connectivity index (χ3n) is 5.32. The fraction of sp³-hybridized carbons (Fsp3) is 0.389. The van der Waals surface area contributed by atoms with E-state index in [0.717, 1.165) is 28.8 Å². The van der Waals surface area contributed by atoms with Crippen LogP contribution in [0.5, 0.6) is 0 Å². The van der Waals surface area contributed by atoms with Gasteiger partial charge in [-0.2, -0.15) is 0 Å². The van der Waals surface area contributed by atoms with Crippen molar-refractivity contribution < 1.29 is 9.59 Å². The Morgan fingerprint density at radius 2 is 2.04 bits per heavy atom. The molecule has 1 aromatic heterocycles. The molecule has 140 valence electrons. The first-order chi connectivity index (χ1) is 13.1. The minimum absolute atomic E-state index is 0.00159. The summed E-state index contributed by atoms with van der Waals surface area (Å²) in [5, 5.41) is 3.54. The Labute approximate surface area is 170 Å². The highest BCUT2D eigenvalue weighted by Crippen LogP contribution is 2.57. The zero-order chi connectivity index (χ0) is 18.6. The van der Waals surface area contributed by atoms with Crippen LogP contribution in [0, 0.1) is 0 Å². The second-order valence-electron chi connectivity index (χ2n) is 6.82. The zero-order valence-corrected chi connectivity index (χ0v) is 16.8. The van der Waals surface area contributed by atoms with Crippen LogP contribution in [-0.4, -0.2) is 52.7 Å². The number of aromatic nitrogens is 1. The molecule has 27 heavy (non-hydrogen) atoms. The van der Waals surface area contributed by atoms with Crippen molar-refractivity contribution in [2.75, 3.05) is 36.0 Å². The Balaban J connectivity index is 1.39. The number of halogens is 1. The van der Waals surface area contributed by atoms with Gasteiger partial charge in [-0.3, -0.25) is 14.5 Å². The van der Waals surface area contributed by atoms with E-state index in [4.69, 9.17) is 11.6 Å². The lowest BCUT2D eigenvalue weighted by Crippen LogP contribution is -2.58. The number of hydrogen-bond acceptors (Lipinski definition) is 6. The van der Waals surface area contributed by atoms with Crippen molar-refractivity contribution in [1.29, 1.82) is 0 Å². The summed E-state index contributed by atoms with van der Waals surface area (Å²) < 4.78 is 0. The lowest BCUT2D eigenvalue weighted by Gasteiger charge is -2.40. The largest absolute Gasteiger partial charge is 0.345 e. The smallest absolute Gasteiger partial charge is 0.259 e. The first kappa shape index (κ1) is 17.3. The van der Waals surface area contributed by atoms with E-state index in [-0.39, 0.29) is 11.8 Å². The van der Waals surface area contributed by atoms with Gasteiger partial charge >= 0.3 is 0 Å². The number of amides is 2. The Kier molecular flexibility index (Phi) is 4.10. The molecule has 0 radical (unpaired) electrons. The van der Waals surface area contributed by atoms with Crippen LogP contribution in [0.15, 0.2) is 34.7 Å². The van der Waals surface area contributed by atoms with Gasteiger partial charge in [0.1, 0.15) is 0 Å². The van der Waals surface area contributed by atoms with Crippen LogP contribution in [0.2, 0.25) is 5.02 Å². The van der Waals surface area contributed by atoms with E-state index in [9.17, 15) is 9.59 Å². The van der Waals surface area contributed by atoms with E-state index < -0.39 is 4.87 Å². The van der Waals surface area contributed by atoms with Crippen LogP contribution in [0.3, 0.4) is 0 Å². The van der Waals surface area contributed by atoms with Crippen LogP contribution in [0.25, 0.3) is 0 Å². The van der Waals surface area contributed by atoms with Crippen LogP contribution < -0.4 is 9.80 Å². The van der Waals surface area contributed by atoms with Crippen molar-refractivity contribution in [1.82, 2.24) is 9.88 Å². The van der Waals surface area contributed by atoms with Gasteiger partial charge < -0.3 is 9.80 Å². The molecule has 2 amide bonds. The number of thiazole rings is 1. The number of fused-ring (bicyclic) bond motifs is 3. The summed E-state index contributed by atoms with van der Waals surface area (Å²) in [6.07, 6.45) is 2.73. The zero-order valence-electron chi connectivity index (χ0n) is 14.4. The lowest BCUT2D eigenvalue weighted by atomic mass is 10.1. The molecule has 0 N–H and O–H groups in total. The Hall–Kier alpha value is -1.77. The predicted octanol–water partition coefficient (Wildman–Crippen LogP) is 3.07. The Morgan fingerprint density at radius 1 is 1.22 bits per heavy atom. The molecule has 1 atom stereocenters. The number of carbonyl (C=O) groups is 2. The standard InChI is InChI=1S/C18H17ClN4O2S2/c19-12-1-2-14-13(11-12)23-15(24)3-4-18(23,27-14)16(25)21-6-8-22(9-7-21)17-20-5-10-26-17/h1-2,5,10-11H,3-4,6-9H2/t18-/m0/s1. The van der Waals surface area contributed by atoms with E-state index in [1.54, 1.807) is 28.5 Å². The molecule has 2 aromatic rings. The summed E-state index contributed by atoms with van der Waals surface area (Å²) in [6, 6.07) is 5.51. The van der Waals surface area contributed by atoms with Gasteiger partial charge in [0.15, 0.2) is 10.0 Å². The molecule has 4 heterocycles. The van der Waals surface area contributed by atoms with Crippen molar-refractivity contribution in [2.24, 2.45) is 0 Å². The number of rotatable bonds is 2. The molecule has 0 bridgehead atoms. The summed E-state index contributed by atoms with van der Waals surface area (Å²) in [4.78, 5) is 36.4. The fourth-order valence-electron chi connectivity index (χ4n) is 4.03. The molecule has 3 aliphatic rings. The van der Waals surface area contributed by atoms with Crippen molar-refractivity contribution in [3.8, 4) is 0 Å². The summed E-state index contributed by atoms with van der Waals surface area (Å²) in [5.74, 6) is 0.0303. The summed E-state index contributed by atoms with van der Waals surface area (Å²) in [6.45, 7) is 2.79. The van der Waals surface area contributed by atoms with Crippen molar-refractivity contribution in [3.63, 3.8) is 0 Å². The molecule has 6 nitrogen and oxygen atoms in total. The predicted molar refractivity (Wildman–Crippen MR) is 108 cm³/mol. The number of benzene rings is 1. The second kappa shape index (κ2) is 6.39. The molecule has 2 saturated heterocycles. The summed E-state index contributed by atoms with van der Waals surface area (Å²) in [5.41, 5.74) is 0.768. The monoisotopic (exact) mass is 420 g/mol. The normalized spacial score (nSPS) is 24.3. The SMILES string of the molecule is O=C1CC[C@@]2(C(=O)N3CCN(c4nccs4)CC3)Sc3ccc(Cl)cc3N12. The average molecular weight is 421 g/mol. The van der Waals surface area contributed by atoms with Gasteiger partial charge in [-0.15, -0.1) is 11.3 Å². The van der Waals surface area contributed by atoms with Gasteiger partial charge in [-0.05, 0) is 24.6 Å². The molecule has 0 spiro atoms. The molecule has 5 rings (SSSR count). The summed E-state index contributed by atoms with van der Waals surface area (Å²) >= 11 is 9.26. The Morgan fingerprint density at radius 3 is 2.78 bits per heavy atom. The van der Waals surface area contributed by atoms with Crippen LogP contribution >= 0.6 is 34.7 Å². The van der Waals surface area contributed by atoms with Gasteiger partial charge in [0.05, 0.1) is 5.69 Å². The molecule has 1 aromatic carbocycles. The average Bonchev–Trinajstić information content (AvgIpc) is 3.38. The van der Waals surface area contributed by atoms with E-state index in [0.29, 0.717) is 31.0 Å². The van der Waals surface area contributed by atoms with Crippen LogP contribution in [-0.2, 0) is 9.59 Å². The molecule has 2 fully saturated rings. The van der Waals surface area contributed by atoms with Crippen molar-refractivity contribution in [2.45, 2.75) is 22.6 Å². The minimum atomic E-state index is -0.854. The third kappa shape index (κ3) is 2.65. The maximum absolute atomic E-state index is 13.5. The topological polar surface area (TPSA) is 56.8 Å². The van der Waals surface area contributed by atoms with Crippen LogP contribution in [0.4, 0.5) is 10.8 Å². The van der Waals surface area contributed by atoms with Crippen LogP contribution in [0.1, 0.15) is 12.8 Å². The number of thioether (sulfide) groups is 1. The number of hydrogen-bond donors (Lipinski definition) is 0. The maximum atomic E-state index is 13.5. The molecule has 0 unspecified atom stereocenters. The molecule has 3 aliphatic heterocycles. The third-order valence-corrected chi connectivity index (χ3v) is 7.85. The van der Waals surface area contributed by atoms with Gasteiger partial charge in [-0.25, -0.2) is 4.98 Å². The molecule has 0 saturated carbocycles. The minimum Gasteiger partial charge on any atom is -0.345 e. The van der Waals surface area contributed by atoms with Crippen molar-refractivity contribution in [3.05, 3.63) is 34.8 Å². The van der Waals surface area contributed by atoms with Gasteiger partial charge in [0, 0.05) is 54.1 Å². The maximum Gasteiger partial charge on any atom is 0.259 e. The van der Waals surface area contributed by atoms with E-state index >= 15 is 0 Å². The molecular weight excluding hydrogens is 404 g/mol. The molecule has 0 aliphatic carbocycles. The van der Waals surface area contributed by atoms with E-state index in [1.165, 1.54) is 11.8 Å². The molecular formula is C18H17ClN4O2S2. The number of piperazine rings is 1. The number of nitrogens with zero attached hydrogens (tertiary/aromatic N) is 4. The summed E-state index contributed by atoms with van der Waals surface area (Å²) in [7, 11) is 0. The lowest BCUT2D eigenvalue weighted by molar-refractivity contribution is -0.134. The highest BCUT2D eigenvalue weighted by molar-refractivity contribution is 8.02. The van der Waals surface area contributed by atoms with Crippen molar-refractivity contribution >= 4 is 57.3 Å². The quantitative estimate of drug-likeness (QED) is 0.747. The van der Waals surface area contributed by atoms with E-state index in [2.05, 4.69) is 9.88 Å². The molecule has 9 heteroatoms. The highest BCUT2D eigenvalue weighted by Gasteiger charge is 2.58. The fourth-order valence-corrected chi connectivity index (χ4v) is 6.36. The van der Waals surface area contributed by atoms with Gasteiger partial charge in [0.25, 0.3) is 5.91 Å². The van der Waals surface area contributed by atoms with E-state index in [1.807, 2.05) is 22.4 Å². The number of carbonyl (C=O) groups excluding carboxylic acids is 2. The Bertz CT molecular complexity index is 914. The first-order valence-electron chi connectivity index (χ1n) is 8.84. The van der Waals surface area contributed by atoms with Gasteiger partial charge in [0.2, 0.25) is 5.91 Å². The second-order valence-corrected chi connectivity index (χ2v) is 9.45.